The second kappa shape index (κ2) is 8.24. The van der Waals surface area contributed by atoms with Crippen molar-refractivity contribution < 1.29 is 24.2 Å². The predicted octanol–water partition coefficient (Wildman–Crippen LogP) is 1.20. The summed E-state index contributed by atoms with van der Waals surface area (Å²) in [6.45, 7) is 10.4. The van der Waals surface area contributed by atoms with Crippen molar-refractivity contribution >= 4 is 17.7 Å². The van der Waals surface area contributed by atoms with E-state index in [1.54, 1.807) is 21.7 Å². The van der Waals surface area contributed by atoms with E-state index in [0.717, 1.165) is 0 Å². The molecule has 0 bridgehead atoms. The molecule has 0 saturated carbocycles. The largest absolute Gasteiger partial charge is 0.394 e. The van der Waals surface area contributed by atoms with E-state index in [1.807, 2.05) is 58.9 Å². The Hall–Kier alpha value is -2.19. The number of amides is 3. The van der Waals surface area contributed by atoms with E-state index < -0.39 is 35.1 Å². The number of hydrogen-bond donors (Lipinski definition) is 1. The topological polar surface area (TPSA) is 90.4 Å². The highest BCUT2D eigenvalue weighted by Gasteiger charge is 2.75. The van der Waals surface area contributed by atoms with Crippen molar-refractivity contribution in [3.63, 3.8) is 0 Å². The van der Waals surface area contributed by atoms with Crippen molar-refractivity contribution in [1.82, 2.24) is 14.7 Å². The summed E-state index contributed by atoms with van der Waals surface area (Å²) in [4.78, 5) is 46.6. The molecule has 1 unspecified atom stereocenters. The highest BCUT2D eigenvalue weighted by molar-refractivity contribution is 6.00. The maximum atomic E-state index is 14.2. The molecule has 3 amide bonds. The maximum Gasteiger partial charge on any atom is 0.249 e. The average Bonchev–Trinajstić information content (AvgIpc) is 3.01. The van der Waals surface area contributed by atoms with E-state index in [2.05, 4.69) is 0 Å². The normalized spacial score (nSPS) is 36.9. The molecule has 4 heterocycles. The number of nitrogens with zero attached hydrogens (tertiary/aromatic N) is 3. The number of fused-ring (bicyclic) bond motifs is 2. The minimum Gasteiger partial charge on any atom is -0.394 e. The number of aliphatic hydroxyl groups is 1. The Morgan fingerprint density at radius 1 is 1.03 bits per heavy atom. The number of aliphatic hydroxyl groups excluding tert-OH is 1. The van der Waals surface area contributed by atoms with Gasteiger partial charge in [0.1, 0.15) is 11.6 Å². The van der Waals surface area contributed by atoms with Crippen molar-refractivity contribution in [2.45, 2.75) is 70.4 Å². The smallest absolute Gasteiger partial charge is 0.249 e. The lowest BCUT2D eigenvalue weighted by atomic mass is 9.74. The molecule has 1 spiro atoms. The first-order chi connectivity index (χ1) is 15.5. The Kier molecular flexibility index (Phi) is 5.98. The van der Waals surface area contributed by atoms with Gasteiger partial charge < -0.3 is 24.5 Å². The number of rotatable bonds is 5. The second-order valence-electron chi connectivity index (χ2n) is 10.8. The van der Waals surface area contributed by atoms with Crippen LogP contribution in [-0.2, 0) is 19.1 Å². The quantitative estimate of drug-likeness (QED) is 0.624. The molecule has 8 nitrogen and oxygen atoms in total. The summed E-state index contributed by atoms with van der Waals surface area (Å²) in [5, 5.41) is 10.3. The molecule has 8 heteroatoms. The van der Waals surface area contributed by atoms with E-state index in [1.165, 1.54) is 0 Å². The van der Waals surface area contributed by atoms with Crippen LogP contribution in [0.2, 0.25) is 0 Å². The first-order valence-electron chi connectivity index (χ1n) is 12.0. The molecule has 4 aliphatic heterocycles. The van der Waals surface area contributed by atoms with Crippen LogP contribution < -0.4 is 0 Å². The van der Waals surface area contributed by atoms with Gasteiger partial charge in [0.2, 0.25) is 17.7 Å². The summed E-state index contributed by atoms with van der Waals surface area (Å²) in [7, 11) is 1.72. The number of carbonyl (C=O) groups excluding carboxylic acids is 3. The lowest BCUT2D eigenvalue weighted by Crippen LogP contribution is -2.59. The number of likely N-dealkylation sites (N-methyl/N-ethyl adjacent to an activating group) is 1. The Morgan fingerprint density at radius 2 is 1.70 bits per heavy atom. The van der Waals surface area contributed by atoms with Crippen molar-refractivity contribution in [3.05, 3.63) is 24.3 Å². The third-order valence-corrected chi connectivity index (χ3v) is 7.70. The summed E-state index contributed by atoms with van der Waals surface area (Å²) in [5.74, 6) is -2.01. The molecule has 0 aromatic heterocycles. The number of likely N-dealkylation sites (tertiary alicyclic amines) is 1. The molecule has 33 heavy (non-hydrogen) atoms. The van der Waals surface area contributed by atoms with E-state index in [9.17, 15) is 19.5 Å². The standard InChI is InChI=1S/C25H37N3O5/c1-15(2)13-17(14-29)28-20-23(32)27(16(3)4)12-8-10-25(20)19(22(28)31)18-21(30)26(6)11-7-9-24(18,5)33-25/h7-10,15-20,29H,11-14H2,1-6H3/t17-,18-,19+,20?,24+,25+/m1/s1. The van der Waals surface area contributed by atoms with Gasteiger partial charge in [-0.1, -0.05) is 38.2 Å². The molecule has 182 valence electrons. The summed E-state index contributed by atoms with van der Waals surface area (Å²) >= 11 is 0. The van der Waals surface area contributed by atoms with Gasteiger partial charge in [-0.05, 0) is 33.1 Å². The van der Waals surface area contributed by atoms with E-state index in [-0.39, 0.29) is 36.3 Å². The van der Waals surface area contributed by atoms with Crippen LogP contribution in [-0.4, -0.2) is 93.6 Å². The highest BCUT2D eigenvalue weighted by Crippen LogP contribution is 2.58. The third-order valence-electron chi connectivity index (χ3n) is 7.70. The number of hydrogen-bond acceptors (Lipinski definition) is 5. The molecule has 2 saturated heterocycles. The average molecular weight is 460 g/mol. The molecule has 6 atom stereocenters. The van der Waals surface area contributed by atoms with Crippen LogP contribution in [0, 0.1) is 17.8 Å². The zero-order valence-electron chi connectivity index (χ0n) is 20.5. The lowest BCUT2D eigenvalue weighted by molar-refractivity contribution is -0.156. The second-order valence-corrected chi connectivity index (χ2v) is 10.8. The number of ether oxygens (including phenoxy) is 1. The molecule has 0 aliphatic carbocycles. The Bertz CT molecular complexity index is 898. The molecule has 4 rings (SSSR count). The van der Waals surface area contributed by atoms with Crippen LogP contribution in [0.15, 0.2) is 24.3 Å². The van der Waals surface area contributed by atoms with Gasteiger partial charge in [-0.3, -0.25) is 14.4 Å². The SMILES string of the molecule is CC(C)C[C@H](CO)N1C(=O)[C@@H]2[C@@H]3C(=O)N(C)CC=C[C@]3(C)O[C@@]23C=CCN(C(C)C)C(=O)C13. The van der Waals surface area contributed by atoms with Crippen molar-refractivity contribution in [2.24, 2.45) is 17.8 Å². The van der Waals surface area contributed by atoms with Gasteiger partial charge in [0, 0.05) is 26.2 Å². The van der Waals surface area contributed by atoms with E-state index in [4.69, 9.17) is 4.74 Å². The molecule has 0 aromatic rings. The van der Waals surface area contributed by atoms with E-state index in [0.29, 0.717) is 19.5 Å². The third kappa shape index (κ3) is 3.44. The zero-order chi connectivity index (χ0) is 24.3. The predicted molar refractivity (Wildman–Crippen MR) is 123 cm³/mol. The van der Waals surface area contributed by atoms with Crippen LogP contribution in [0.5, 0.6) is 0 Å². The molecule has 4 aliphatic rings. The first kappa shape index (κ1) is 24.0. The lowest BCUT2D eigenvalue weighted by Gasteiger charge is -2.41. The molecule has 1 N–H and O–H groups in total. The van der Waals surface area contributed by atoms with Crippen LogP contribution >= 0.6 is 0 Å². The monoisotopic (exact) mass is 459 g/mol. The Labute approximate surface area is 196 Å². The maximum absolute atomic E-state index is 14.2. The first-order valence-corrected chi connectivity index (χ1v) is 12.0. The van der Waals surface area contributed by atoms with Gasteiger partial charge in [-0.2, -0.15) is 0 Å². The molecule has 0 radical (unpaired) electrons. The fraction of sp³-hybridized carbons (Fsp3) is 0.720. The van der Waals surface area contributed by atoms with Gasteiger partial charge in [0.05, 0.1) is 30.1 Å². The van der Waals surface area contributed by atoms with E-state index >= 15 is 0 Å². The van der Waals surface area contributed by atoms with Gasteiger partial charge in [-0.25, -0.2) is 0 Å². The molecule has 0 aromatic carbocycles. The summed E-state index contributed by atoms with van der Waals surface area (Å²) in [6.07, 6.45) is 8.07. The van der Waals surface area contributed by atoms with Gasteiger partial charge in [-0.15, -0.1) is 0 Å². The van der Waals surface area contributed by atoms with Crippen molar-refractivity contribution in [2.75, 3.05) is 26.7 Å². The van der Waals surface area contributed by atoms with Gasteiger partial charge >= 0.3 is 0 Å². The minimum atomic E-state index is -1.26. The Morgan fingerprint density at radius 3 is 2.30 bits per heavy atom. The van der Waals surface area contributed by atoms with Gasteiger partial charge in [0.25, 0.3) is 0 Å². The Balaban J connectivity index is 1.91. The highest BCUT2D eigenvalue weighted by atomic mass is 16.5. The van der Waals surface area contributed by atoms with Crippen LogP contribution in [0.1, 0.15) is 41.0 Å². The summed E-state index contributed by atoms with van der Waals surface area (Å²) in [6, 6.07) is -1.53. The molecular weight excluding hydrogens is 422 g/mol. The van der Waals surface area contributed by atoms with Crippen LogP contribution in [0.25, 0.3) is 0 Å². The molecule has 2 fully saturated rings. The van der Waals surface area contributed by atoms with Crippen LogP contribution in [0.3, 0.4) is 0 Å². The summed E-state index contributed by atoms with van der Waals surface area (Å²) in [5.41, 5.74) is -2.27. The minimum absolute atomic E-state index is 0.0684. The zero-order valence-corrected chi connectivity index (χ0v) is 20.5. The fourth-order valence-corrected chi connectivity index (χ4v) is 6.28. The summed E-state index contributed by atoms with van der Waals surface area (Å²) < 4.78 is 6.73. The fourth-order valence-electron chi connectivity index (χ4n) is 6.28. The van der Waals surface area contributed by atoms with Crippen LogP contribution in [0.4, 0.5) is 0 Å². The molecular formula is C25H37N3O5. The van der Waals surface area contributed by atoms with Gasteiger partial charge in [0.15, 0.2) is 0 Å². The van der Waals surface area contributed by atoms with Crippen molar-refractivity contribution in [3.8, 4) is 0 Å². The van der Waals surface area contributed by atoms with Crippen molar-refractivity contribution in [1.29, 1.82) is 0 Å². The number of carbonyl (C=O) groups is 3.